The van der Waals surface area contributed by atoms with Gasteiger partial charge in [-0.3, -0.25) is 18.9 Å². The van der Waals surface area contributed by atoms with Crippen molar-refractivity contribution >= 4 is 51.0 Å². The van der Waals surface area contributed by atoms with Crippen molar-refractivity contribution in [1.82, 2.24) is 29.2 Å². The van der Waals surface area contributed by atoms with Crippen LogP contribution in [-0.4, -0.2) is 42.5 Å². The van der Waals surface area contributed by atoms with Crippen LogP contribution in [0.5, 0.6) is 0 Å². The van der Waals surface area contributed by atoms with Crippen LogP contribution in [0.25, 0.3) is 27.6 Å². The predicted molar refractivity (Wildman–Crippen MR) is 172 cm³/mol. The third-order valence-electron chi connectivity index (χ3n) is 9.09. The van der Waals surface area contributed by atoms with Crippen molar-refractivity contribution in [2.24, 2.45) is 5.92 Å². The third-order valence-corrected chi connectivity index (χ3v) is 9.57. The summed E-state index contributed by atoms with van der Waals surface area (Å²) in [5.74, 6) is 0.177. The molecule has 1 saturated carbocycles. The molecule has 0 radical (unpaired) electrons. The third kappa shape index (κ3) is 5.42. The smallest absolute Gasteiger partial charge is 0.333 e. The fourth-order valence-electron chi connectivity index (χ4n) is 6.74. The van der Waals surface area contributed by atoms with Crippen molar-refractivity contribution in [3.63, 3.8) is 0 Å². The maximum absolute atomic E-state index is 14.1. The highest BCUT2D eigenvalue weighted by Crippen LogP contribution is 2.32. The van der Waals surface area contributed by atoms with Crippen LogP contribution in [-0.2, 0) is 11.3 Å². The molecule has 5 aromatic rings. The molecule has 228 valence electrons. The number of para-hydroxylation sites is 2. The van der Waals surface area contributed by atoms with Crippen LogP contribution in [0.3, 0.4) is 0 Å². The lowest BCUT2D eigenvalue weighted by Crippen LogP contribution is -2.39. The Morgan fingerprint density at radius 2 is 1.80 bits per heavy atom. The molecular formula is C33H34Cl2N6O3. The second-order valence-electron chi connectivity index (χ2n) is 12.0. The Hall–Kier alpha value is -3.66. The van der Waals surface area contributed by atoms with Crippen molar-refractivity contribution in [1.29, 1.82) is 0 Å². The second kappa shape index (κ2) is 12.0. The molecule has 4 heterocycles. The van der Waals surface area contributed by atoms with Gasteiger partial charge in [0.25, 0.3) is 5.91 Å². The standard InChI is InChI=1S/C33H34Cl2N6O3/c1-20-26(16-22(34)18-36-20)32(42)37-23-11-9-21(10-12-23)19-39-27-6-2-3-7-28(27)40(33(39)43)24-13-14-25-29(17-24)41(38-31(25)35)30-8-4-5-15-44-30/h2-3,6-7,13-14,16-18,21,23,30H,4-5,8-12,15,19H2,1H3,(H,37,42). The fraction of sp³-hybridized carbons (Fsp3) is 0.394. The lowest BCUT2D eigenvalue weighted by molar-refractivity contribution is -0.0366. The molecule has 1 N–H and O–H groups in total. The van der Waals surface area contributed by atoms with E-state index in [0.717, 1.165) is 72.6 Å². The molecule has 9 nitrogen and oxygen atoms in total. The summed E-state index contributed by atoms with van der Waals surface area (Å²) in [6.07, 6.45) is 7.89. The van der Waals surface area contributed by atoms with Gasteiger partial charge < -0.3 is 10.1 Å². The van der Waals surface area contributed by atoms with E-state index in [4.69, 9.17) is 27.9 Å². The molecule has 1 aliphatic heterocycles. The zero-order valence-corrected chi connectivity index (χ0v) is 26.0. The minimum Gasteiger partial charge on any atom is -0.356 e. The molecule has 1 atom stereocenters. The van der Waals surface area contributed by atoms with Crippen LogP contribution < -0.4 is 11.0 Å². The van der Waals surface area contributed by atoms with Crippen molar-refractivity contribution in [2.45, 2.75) is 70.7 Å². The van der Waals surface area contributed by atoms with Crippen LogP contribution in [0, 0.1) is 12.8 Å². The molecule has 0 spiro atoms. The van der Waals surface area contributed by atoms with Crippen molar-refractivity contribution < 1.29 is 9.53 Å². The van der Waals surface area contributed by atoms with E-state index in [-0.39, 0.29) is 23.9 Å². The van der Waals surface area contributed by atoms with Gasteiger partial charge in [-0.15, -0.1) is 0 Å². The maximum atomic E-state index is 14.1. The first-order valence-corrected chi connectivity index (χ1v) is 16.1. The fourth-order valence-corrected chi connectivity index (χ4v) is 7.14. The largest absolute Gasteiger partial charge is 0.356 e. The van der Waals surface area contributed by atoms with Crippen LogP contribution in [0.1, 0.15) is 67.2 Å². The maximum Gasteiger partial charge on any atom is 0.333 e. The van der Waals surface area contributed by atoms with E-state index in [1.165, 1.54) is 0 Å². The molecular weight excluding hydrogens is 599 g/mol. The number of rotatable bonds is 6. The number of hydrogen-bond donors (Lipinski definition) is 1. The van der Waals surface area contributed by atoms with Gasteiger partial charge in [0, 0.05) is 30.8 Å². The number of amides is 1. The first-order valence-electron chi connectivity index (χ1n) is 15.3. The van der Waals surface area contributed by atoms with Crippen molar-refractivity contribution in [3.05, 3.63) is 86.6 Å². The van der Waals surface area contributed by atoms with Gasteiger partial charge in [-0.05, 0) is 94.2 Å². The molecule has 3 aromatic heterocycles. The molecule has 11 heteroatoms. The molecule has 1 aliphatic carbocycles. The van der Waals surface area contributed by atoms with E-state index < -0.39 is 0 Å². The summed E-state index contributed by atoms with van der Waals surface area (Å²) in [6, 6.07) is 15.5. The quantitative estimate of drug-likeness (QED) is 0.221. The molecule has 0 bridgehead atoms. The van der Waals surface area contributed by atoms with Crippen LogP contribution in [0.2, 0.25) is 10.2 Å². The highest BCUT2D eigenvalue weighted by Gasteiger charge is 2.26. The molecule has 1 unspecified atom stereocenters. The first kappa shape index (κ1) is 29.1. The lowest BCUT2D eigenvalue weighted by Gasteiger charge is -2.29. The SMILES string of the molecule is Cc1ncc(Cl)cc1C(=O)NC1CCC(Cn2c(=O)n(-c3ccc4c(Cl)nn(C5CCCCO5)c4c3)c3ccccc32)CC1. The van der Waals surface area contributed by atoms with Crippen LogP contribution in [0.15, 0.2) is 59.5 Å². The minimum atomic E-state index is -0.168. The Morgan fingerprint density at radius 3 is 2.57 bits per heavy atom. The monoisotopic (exact) mass is 632 g/mol. The van der Waals surface area contributed by atoms with E-state index in [9.17, 15) is 9.59 Å². The molecule has 2 fully saturated rings. The van der Waals surface area contributed by atoms with Crippen LogP contribution in [0.4, 0.5) is 0 Å². The summed E-state index contributed by atoms with van der Waals surface area (Å²) >= 11 is 12.6. The molecule has 1 saturated heterocycles. The van der Waals surface area contributed by atoms with E-state index in [1.54, 1.807) is 16.8 Å². The summed E-state index contributed by atoms with van der Waals surface area (Å²) in [5.41, 5.74) is 4.47. The number of nitrogens with zero attached hydrogens (tertiary/aromatic N) is 5. The summed E-state index contributed by atoms with van der Waals surface area (Å²) in [5, 5.41) is 9.47. The van der Waals surface area contributed by atoms with Gasteiger partial charge >= 0.3 is 5.69 Å². The highest BCUT2D eigenvalue weighted by atomic mass is 35.5. The number of ether oxygens (including phenoxy) is 1. The Morgan fingerprint density at radius 1 is 1.00 bits per heavy atom. The number of fused-ring (bicyclic) bond motifs is 2. The Kier molecular flexibility index (Phi) is 7.95. The normalized spacial score (nSPS) is 20.8. The average molecular weight is 634 g/mol. The summed E-state index contributed by atoms with van der Waals surface area (Å²) in [4.78, 5) is 31.2. The van der Waals surface area contributed by atoms with Gasteiger partial charge in [-0.1, -0.05) is 35.3 Å². The first-order chi connectivity index (χ1) is 21.4. The summed E-state index contributed by atoms with van der Waals surface area (Å²) < 4.78 is 11.6. The van der Waals surface area contributed by atoms with E-state index in [1.807, 2.05) is 58.6 Å². The number of hydrogen-bond acceptors (Lipinski definition) is 5. The second-order valence-corrected chi connectivity index (χ2v) is 12.7. The number of aryl methyl sites for hydroxylation is 1. The molecule has 1 amide bonds. The number of aromatic nitrogens is 5. The summed E-state index contributed by atoms with van der Waals surface area (Å²) in [6.45, 7) is 3.12. The summed E-state index contributed by atoms with van der Waals surface area (Å²) in [7, 11) is 0. The number of nitrogens with one attached hydrogen (secondary N) is 1. The highest BCUT2D eigenvalue weighted by molar-refractivity contribution is 6.34. The minimum absolute atomic E-state index is 0.0732. The van der Waals surface area contributed by atoms with Gasteiger partial charge in [-0.25, -0.2) is 9.48 Å². The van der Waals surface area contributed by atoms with Gasteiger partial charge in [-0.2, -0.15) is 5.10 Å². The number of carbonyl (C=O) groups excluding carboxylic acids is 1. The van der Waals surface area contributed by atoms with Gasteiger partial charge in [0.1, 0.15) is 0 Å². The van der Waals surface area contributed by atoms with E-state index >= 15 is 0 Å². The molecule has 7 rings (SSSR count). The van der Waals surface area contributed by atoms with Gasteiger partial charge in [0.15, 0.2) is 11.4 Å². The zero-order valence-electron chi connectivity index (χ0n) is 24.5. The van der Waals surface area contributed by atoms with Gasteiger partial charge in [0.05, 0.1) is 38.5 Å². The van der Waals surface area contributed by atoms with E-state index in [2.05, 4.69) is 15.4 Å². The van der Waals surface area contributed by atoms with Gasteiger partial charge in [0.2, 0.25) is 0 Å². The lowest BCUT2D eigenvalue weighted by atomic mass is 9.85. The van der Waals surface area contributed by atoms with Crippen molar-refractivity contribution in [2.75, 3.05) is 6.61 Å². The van der Waals surface area contributed by atoms with E-state index in [0.29, 0.717) is 40.5 Å². The topological polar surface area (TPSA) is 96.0 Å². The average Bonchev–Trinajstić information content (AvgIpc) is 3.52. The zero-order chi connectivity index (χ0) is 30.4. The van der Waals surface area contributed by atoms with Crippen molar-refractivity contribution in [3.8, 4) is 5.69 Å². The Labute approximate surface area is 264 Å². The Balaban J connectivity index is 1.13. The molecule has 44 heavy (non-hydrogen) atoms. The Bertz CT molecular complexity index is 1910. The number of benzene rings is 2. The number of carbonyl (C=O) groups is 1. The molecule has 2 aliphatic rings. The van der Waals surface area contributed by atoms with Crippen LogP contribution >= 0.6 is 23.2 Å². The predicted octanol–water partition coefficient (Wildman–Crippen LogP) is 6.84. The number of pyridine rings is 1. The number of halogens is 2. The number of imidazole rings is 1. The molecule has 2 aromatic carbocycles.